The maximum absolute atomic E-state index is 6.13. The Balaban J connectivity index is 1.62. The van der Waals surface area contributed by atoms with Gasteiger partial charge < -0.3 is 5.32 Å². The van der Waals surface area contributed by atoms with Crippen LogP contribution in [0.4, 0.5) is 0 Å². The van der Waals surface area contributed by atoms with Crippen molar-refractivity contribution in [3.05, 3.63) is 28.2 Å². The summed E-state index contributed by atoms with van der Waals surface area (Å²) in [5, 5.41) is 5.11. The molecule has 1 fully saturated rings. The summed E-state index contributed by atoms with van der Waals surface area (Å²) in [6.45, 7) is 2.20. The molecular formula is C15H21Cl2NS. The fourth-order valence-electron chi connectivity index (χ4n) is 2.52. The molecule has 0 aliphatic heterocycles. The first-order valence-electron chi connectivity index (χ1n) is 7.04. The van der Waals surface area contributed by atoms with Crippen molar-refractivity contribution in [1.29, 1.82) is 0 Å². The minimum atomic E-state index is 0.752. The molecule has 0 aromatic heterocycles. The normalized spacial score (nSPS) is 16.7. The van der Waals surface area contributed by atoms with Crippen molar-refractivity contribution in [3.63, 3.8) is 0 Å². The maximum Gasteiger partial charge on any atom is 0.0542 e. The van der Waals surface area contributed by atoms with Crippen LogP contribution in [0.25, 0.3) is 0 Å². The highest BCUT2D eigenvalue weighted by atomic mass is 35.5. The van der Waals surface area contributed by atoms with Gasteiger partial charge in [0.15, 0.2) is 0 Å². The minimum absolute atomic E-state index is 0.752. The van der Waals surface area contributed by atoms with Crippen LogP contribution in [0.3, 0.4) is 0 Å². The third kappa shape index (κ3) is 5.55. The van der Waals surface area contributed by atoms with E-state index in [4.69, 9.17) is 23.2 Å². The summed E-state index contributed by atoms with van der Waals surface area (Å²) in [6, 6.07) is 5.63. The number of nitrogens with one attached hydrogen (secondary N) is 1. The predicted octanol–water partition coefficient (Wildman–Crippen LogP) is 5.26. The zero-order valence-corrected chi connectivity index (χ0v) is 13.5. The first kappa shape index (κ1) is 15.5. The highest BCUT2D eigenvalue weighted by Crippen LogP contribution is 2.29. The van der Waals surface area contributed by atoms with Crippen molar-refractivity contribution in [2.75, 3.05) is 18.8 Å². The molecule has 1 nitrogen and oxygen atoms in total. The summed E-state index contributed by atoms with van der Waals surface area (Å²) in [7, 11) is 0. The van der Waals surface area contributed by atoms with E-state index in [1.807, 2.05) is 18.2 Å². The molecule has 0 radical (unpaired) electrons. The second-order valence-electron chi connectivity index (χ2n) is 5.13. The molecule has 1 aliphatic carbocycles. The van der Waals surface area contributed by atoms with Crippen molar-refractivity contribution in [2.24, 2.45) is 5.92 Å². The van der Waals surface area contributed by atoms with Gasteiger partial charge in [-0.05, 0) is 43.5 Å². The van der Waals surface area contributed by atoms with Crippen LogP contribution >= 0.6 is 35.0 Å². The molecule has 19 heavy (non-hydrogen) atoms. The van der Waals surface area contributed by atoms with Gasteiger partial charge in [0.1, 0.15) is 0 Å². The summed E-state index contributed by atoms with van der Waals surface area (Å²) in [4.78, 5) is 1.08. The quantitative estimate of drug-likeness (QED) is 0.567. The smallest absolute Gasteiger partial charge is 0.0542 e. The SMILES string of the molecule is Clc1ccc(Cl)c(SCCNCC2CCCCC2)c1. The molecule has 1 aliphatic rings. The van der Waals surface area contributed by atoms with Gasteiger partial charge in [0.2, 0.25) is 0 Å². The van der Waals surface area contributed by atoms with Crippen LogP contribution in [0.15, 0.2) is 23.1 Å². The summed E-state index contributed by atoms with van der Waals surface area (Å²) in [5.74, 6) is 1.93. The summed E-state index contributed by atoms with van der Waals surface area (Å²) >= 11 is 13.9. The monoisotopic (exact) mass is 317 g/mol. The lowest BCUT2D eigenvalue weighted by Crippen LogP contribution is -2.26. The van der Waals surface area contributed by atoms with Gasteiger partial charge in [-0.2, -0.15) is 0 Å². The number of thioether (sulfide) groups is 1. The molecule has 1 aromatic carbocycles. The van der Waals surface area contributed by atoms with Crippen molar-refractivity contribution >= 4 is 35.0 Å². The third-order valence-electron chi connectivity index (χ3n) is 3.59. The second kappa shape index (κ2) is 8.41. The van der Waals surface area contributed by atoms with E-state index in [9.17, 15) is 0 Å². The molecule has 1 N–H and O–H groups in total. The Labute approximate surface area is 130 Å². The number of hydrogen-bond donors (Lipinski definition) is 1. The number of halogens is 2. The zero-order chi connectivity index (χ0) is 13.5. The largest absolute Gasteiger partial charge is 0.316 e. The Morgan fingerprint density at radius 3 is 2.74 bits per heavy atom. The first-order chi connectivity index (χ1) is 9.25. The van der Waals surface area contributed by atoms with Crippen LogP contribution in [0, 0.1) is 5.92 Å². The van der Waals surface area contributed by atoms with Gasteiger partial charge in [-0.3, -0.25) is 0 Å². The summed E-state index contributed by atoms with van der Waals surface area (Å²) < 4.78 is 0. The molecule has 0 saturated heterocycles. The van der Waals surface area contributed by atoms with Gasteiger partial charge in [0.05, 0.1) is 5.02 Å². The molecule has 0 amide bonds. The molecule has 0 heterocycles. The molecule has 4 heteroatoms. The third-order valence-corrected chi connectivity index (χ3v) is 5.32. The molecule has 106 valence electrons. The predicted molar refractivity (Wildman–Crippen MR) is 86.6 cm³/mol. The fraction of sp³-hybridized carbons (Fsp3) is 0.600. The fourth-order valence-corrected chi connectivity index (χ4v) is 3.92. The summed E-state index contributed by atoms with van der Waals surface area (Å²) in [5.41, 5.74) is 0. The molecule has 2 rings (SSSR count). The first-order valence-corrected chi connectivity index (χ1v) is 8.78. The van der Waals surface area contributed by atoms with E-state index in [0.717, 1.165) is 33.2 Å². The Kier molecular flexibility index (Phi) is 6.86. The van der Waals surface area contributed by atoms with Crippen LogP contribution in [0.2, 0.25) is 10.0 Å². The maximum atomic E-state index is 6.13. The van der Waals surface area contributed by atoms with E-state index in [2.05, 4.69) is 5.32 Å². The number of hydrogen-bond acceptors (Lipinski definition) is 2. The zero-order valence-electron chi connectivity index (χ0n) is 11.1. The van der Waals surface area contributed by atoms with Gasteiger partial charge >= 0.3 is 0 Å². The van der Waals surface area contributed by atoms with Crippen LogP contribution in [0.1, 0.15) is 32.1 Å². The summed E-state index contributed by atoms with van der Waals surface area (Å²) in [6.07, 6.45) is 7.07. The van der Waals surface area contributed by atoms with Crippen LogP contribution in [0.5, 0.6) is 0 Å². The molecular weight excluding hydrogens is 297 g/mol. The molecule has 1 saturated carbocycles. The Bertz CT molecular complexity index is 392. The molecule has 0 bridgehead atoms. The Morgan fingerprint density at radius 1 is 1.16 bits per heavy atom. The second-order valence-corrected chi connectivity index (χ2v) is 7.11. The van der Waals surface area contributed by atoms with E-state index < -0.39 is 0 Å². The number of rotatable bonds is 6. The lowest BCUT2D eigenvalue weighted by Gasteiger charge is -2.21. The van der Waals surface area contributed by atoms with Gasteiger partial charge in [-0.25, -0.2) is 0 Å². The highest BCUT2D eigenvalue weighted by Gasteiger charge is 2.12. The van der Waals surface area contributed by atoms with E-state index in [1.54, 1.807) is 11.8 Å². The van der Waals surface area contributed by atoms with Gasteiger partial charge in [-0.1, -0.05) is 42.5 Å². The van der Waals surface area contributed by atoms with E-state index >= 15 is 0 Å². The standard InChI is InChI=1S/C15H21Cl2NS/c16-13-6-7-14(17)15(10-13)19-9-8-18-11-12-4-2-1-3-5-12/h6-7,10,12,18H,1-5,8-9,11H2. The van der Waals surface area contributed by atoms with Gasteiger partial charge in [-0.15, -0.1) is 11.8 Å². The van der Waals surface area contributed by atoms with E-state index in [0.29, 0.717) is 0 Å². The minimum Gasteiger partial charge on any atom is -0.316 e. The van der Waals surface area contributed by atoms with E-state index in [1.165, 1.54) is 38.6 Å². The topological polar surface area (TPSA) is 12.0 Å². The lowest BCUT2D eigenvalue weighted by atomic mass is 9.89. The van der Waals surface area contributed by atoms with E-state index in [-0.39, 0.29) is 0 Å². The van der Waals surface area contributed by atoms with Crippen molar-refractivity contribution in [3.8, 4) is 0 Å². The molecule has 1 aromatic rings. The van der Waals surface area contributed by atoms with Crippen LogP contribution in [-0.2, 0) is 0 Å². The van der Waals surface area contributed by atoms with Crippen molar-refractivity contribution < 1.29 is 0 Å². The number of benzene rings is 1. The van der Waals surface area contributed by atoms with Crippen molar-refractivity contribution in [1.82, 2.24) is 5.32 Å². The Morgan fingerprint density at radius 2 is 1.95 bits per heavy atom. The average Bonchev–Trinajstić information content (AvgIpc) is 2.43. The van der Waals surface area contributed by atoms with Gasteiger partial charge in [0, 0.05) is 22.2 Å². The highest BCUT2D eigenvalue weighted by molar-refractivity contribution is 7.99. The van der Waals surface area contributed by atoms with Crippen molar-refractivity contribution in [2.45, 2.75) is 37.0 Å². The van der Waals surface area contributed by atoms with Crippen LogP contribution in [-0.4, -0.2) is 18.8 Å². The molecule has 0 spiro atoms. The Hall–Kier alpha value is 0.110. The molecule has 0 atom stereocenters. The average molecular weight is 318 g/mol. The molecule has 0 unspecified atom stereocenters. The van der Waals surface area contributed by atoms with Gasteiger partial charge in [0.25, 0.3) is 0 Å². The lowest BCUT2D eigenvalue weighted by molar-refractivity contribution is 0.345. The van der Waals surface area contributed by atoms with Crippen LogP contribution < -0.4 is 5.32 Å².